The highest BCUT2D eigenvalue weighted by Gasteiger charge is 2.04. The van der Waals surface area contributed by atoms with Crippen molar-refractivity contribution in [1.82, 2.24) is 0 Å². The topological polar surface area (TPSA) is 35.2 Å². The fraction of sp³-hybridized carbons (Fsp3) is 0.200. The maximum absolute atomic E-state index is 12.9. The van der Waals surface area contributed by atoms with Crippen molar-refractivity contribution in [1.29, 1.82) is 0 Å². The lowest BCUT2D eigenvalue weighted by atomic mass is 10.0. The first-order valence-electron chi connectivity index (χ1n) is 5.89. The fourth-order valence-electron chi connectivity index (χ4n) is 1.66. The number of halogens is 1. The van der Waals surface area contributed by atoms with Crippen LogP contribution in [0.2, 0.25) is 0 Å². The smallest absolute Gasteiger partial charge is 0.150 e. The predicted octanol–water partition coefficient (Wildman–Crippen LogP) is 4.32. The Bertz CT molecular complexity index is 535. The minimum atomic E-state index is -0.366. The Morgan fingerprint density at radius 2 is 1.72 bits per heavy atom. The number of anilines is 1. The van der Waals surface area contributed by atoms with Crippen LogP contribution in [0.5, 0.6) is 11.5 Å². The van der Waals surface area contributed by atoms with E-state index < -0.39 is 0 Å². The second-order valence-electron chi connectivity index (χ2n) is 4.51. The molecule has 0 heterocycles. The van der Waals surface area contributed by atoms with Gasteiger partial charge in [-0.3, -0.25) is 0 Å². The normalized spacial score (nSPS) is 10.7. The molecule has 2 nitrogen and oxygen atoms in total. The molecule has 0 aliphatic rings. The first-order chi connectivity index (χ1) is 8.56. The van der Waals surface area contributed by atoms with Crippen molar-refractivity contribution in [2.75, 3.05) is 5.73 Å². The molecule has 2 N–H and O–H groups in total. The van der Waals surface area contributed by atoms with Gasteiger partial charge in [-0.05, 0) is 35.7 Å². The van der Waals surface area contributed by atoms with Gasteiger partial charge in [0.05, 0.1) is 5.69 Å². The molecule has 0 aromatic heterocycles. The molecule has 2 aromatic rings. The number of benzene rings is 2. The number of ether oxygens (including phenoxy) is 1. The molecule has 0 saturated carbocycles. The largest absolute Gasteiger partial charge is 0.455 e. The zero-order valence-corrected chi connectivity index (χ0v) is 10.5. The second kappa shape index (κ2) is 5.08. The Hall–Kier alpha value is -2.03. The highest BCUT2D eigenvalue weighted by Crippen LogP contribution is 2.28. The van der Waals surface area contributed by atoms with Crippen LogP contribution >= 0.6 is 0 Å². The van der Waals surface area contributed by atoms with E-state index in [1.54, 1.807) is 0 Å². The van der Waals surface area contributed by atoms with Gasteiger partial charge in [0.25, 0.3) is 0 Å². The summed E-state index contributed by atoms with van der Waals surface area (Å²) in [6.07, 6.45) is 0. The molecule has 0 atom stereocenters. The van der Waals surface area contributed by atoms with Gasteiger partial charge in [-0.2, -0.15) is 0 Å². The monoisotopic (exact) mass is 245 g/mol. The first-order valence-corrected chi connectivity index (χ1v) is 5.89. The number of hydrogen-bond donors (Lipinski definition) is 1. The minimum absolute atomic E-state index is 0.294. The lowest BCUT2D eigenvalue weighted by molar-refractivity contribution is 0.483. The van der Waals surface area contributed by atoms with Crippen LogP contribution in [0.4, 0.5) is 10.1 Å². The van der Waals surface area contributed by atoms with Gasteiger partial charge in [0.2, 0.25) is 0 Å². The third kappa shape index (κ3) is 2.80. The van der Waals surface area contributed by atoms with Gasteiger partial charge in [-0.25, -0.2) is 4.39 Å². The Morgan fingerprint density at radius 1 is 1.06 bits per heavy atom. The summed E-state index contributed by atoms with van der Waals surface area (Å²) < 4.78 is 18.5. The van der Waals surface area contributed by atoms with Crippen LogP contribution in [0.1, 0.15) is 25.3 Å². The van der Waals surface area contributed by atoms with Gasteiger partial charge in [-0.1, -0.05) is 26.0 Å². The molecule has 2 aromatic carbocycles. The number of nitrogen functional groups attached to an aromatic ring is 1. The molecule has 0 aliphatic carbocycles. The molecule has 0 fully saturated rings. The summed E-state index contributed by atoms with van der Waals surface area (Å²) in [6.45, 7) is 4.27. The Balaban J connectivity index is 2.18. The third-order valence-corrected chi connectivity index (χ3v) is 2.75. The van der Waals surface area contributed by atoms with E-state index >= 15 is 0 Å². The summed E-state index contributed by atoms with van der Waals surface area (Å²) in [4.78, 5) is 0. The van der Waals surface area contributed by atoms with E-state index in [0.717, 1.165) is 0 Å². The van der Waals surface area contributed by atoms with Gasteiger partial charge in [-0.15, -0.1) is 0 Å². The van der Waals surface area contributed by atoms with E-state index in [1.807, 2.05) is 24.3 Å². The van der Waals surface area contributed by atoms with Crippen LogP contribution in [-0.2, 0) is 0 Å². The van der Waals surface area contributed by atoms with Crippen LogP contribution in [0, 0.1) is 5.82 Å². The molecule has 3 heteroatoms. The summed E-state index contributed by atoms with van der Waals surface area (Å²) in [7, 11) is 0. The van der Waals surface area contributed by atoms with Gasteiger partial charge >= 0.3 is 0 Å². The summed E-state index contributed by atoms with van der Waals surface area (Å²) in [6, 6.07) is 11.9. The van der Waals surface area contributed by atoms with E-state index in [-0.39, 0.29) is 5.82 Å². The van der Waals surface area contributed by atoms with Crippen molar-refractivity contribution >= 4 is 5.69 Å². The van der Waals surface area contributed by atoms with Crippen LogP contribution in [-0.4, -0.2) is 0 Å². The molecule has 0 aliphatic heterocycles. The lowest BCUT2D eigenvalue weighted by Gasteiger charge is -2.10. The van der Waals surface area contributed by atoms with Crippen LogP contribution in [0.25, 0.3) is 0 Å². The highest BCUT2D eigenvalue weighted by atomic mass is 19.1. The summed E-state index contributed by atoms with van der Waals surface area (Å²) in [5.74, 6) is 1.27. The zero-order valence-electron chi connectivity index (χ0n) is 10.5. The van der Waals surface area contributed by atoms with E-state index in [2.05, 4.69) is 13.8 Å². The average Bonchev–Trinajstić information content (AvgIpc) is 2.33. The van der Waals surface area contributed by atoms with Crippen molar-refractivity contribution in [3.8, 4) is 11.5 Å². The highest BCUT2D eigenvalue weighted by molar-refractivity contribution is 5.54. The van der Waals surface area contributed by atoms with Crippen LogP contribution in [0.15, 0.2) is 42.5 Å². The van der Waals surface area contributed by atoms with Crippen molar-refractivity contribution in [2.45, 2.75) is 19.8 Å². The van der Waals surface area contributed by atoms with Gasteiger partial charge < -0.3 is 10.5 Å². The van der Waals surface area contributed by atoms with Crippen LogP contribution < -0.4 is 10.5 Å². The molecule has 0 spiro atoms. The van der Waals surface area contributed by atoms with E-state index in [1.165, 1.54) is 23.8 Å². The van der Waals surface area contributed by atoms with E-state index in [4.69, 9.17) is 10.5 Å². The third-order valence-electron chi connectivity index (χ3n) is 2.75. The summed E-state index contributed by atoms with van der Waals surface area (Å²) in [5.41, 5.74) is 7.22. The molecule has 0 saturated heterocycles. The van der Waals surface area contributed by atoms with E-state index in [0.29, 0.717) is 23.1 Å². The number of rotatable bonds is 3. The van der Waals surface area contributed by atoms with Crippen molar-refractivity contribution in [3.63, 3.8) is 0 Å². The predicted molar refractivity (Wildman–Crippen MR) is 71.4 cm³/mol. The van der Waals surface area contributed by atoms with Crippen molar-refractivity contribution in [3.05, 3.63) is 53.8 Å². The number of hydrogen-bond acceptors (Lipinski definition) is 2. The van der Waals surface area contributed by atoms with Crippen molar-refractivity contribution in [2.24, 2.45) is 0 Å². The molecular weight excluding hydrogens is 229 g/mol. The Labute approximate surface area is 106 Å². The molecule has 18 heavy (non-hydrogen) atoms. The molecular formula is C15H16FNO. The number of nitrogens with two attached hydrogens (primary N) is 1. The minimum Gasteiger partial charge on any atom is -0.455 e. The zero-order chi connectivity index (χ0) is 13.1. The van der Waals surface area contributed by atoms with Crippen molar-refractivity contribution < 1.29 is 9.13 Å². The Kier molecular flexibility index (Phi) is 3.51. The van der Waals surface area contributed by atoms with Crippen LogP contribution in [0.3, 0.4) is 0 Å². The molecule has 0 unspecified atom stereocenters. The summed E-state index contributed by atoms with van der Waals surface area (Å²) in [5, 5.41) is 0. The second-order valence-corrected chi connectivity index (χ2v) is 4.51. The SMILES string of the molecule is CC(C)c1ccc(Oc2ccc(F)cc2N)cc1. The maximum Gasteiger partial charge on any atom is 0.150 e. The fourth-order valence-corrected chi connectivity index (χ4v) is 1.66. The Morgan fingerprint density at radius 3 is 2.28 bits per heavy atom. The molecule has 0 amide bonds. The summed E-state index contributed by atoms with van der Waals surface area (Å²) >= 11 is 0. The van der Waals surface area contributed by atoms with Gasteiger partial charge in [0.15, 0.2) is 5.75 Å². The molecule has 0 bridgehead atoms. The quantitative estimate of drug-likeness (QED) is 0.817. The lowest BCUT2D eigenvalue weighted by Crippen LogP contribution is -1.93. The standard InChI is InChI=1S/C15H16FNO/c1-10(2)11-3-6-13(7-4-11)18-15-8-5-12(16)9-14(15)17/h3-10H,17H2,1-2H3. The molecule has 0 radical (unpaired) electrons. The van der Waals surface area contributed by atoms with Gasteiger partial charge in [0.1, 0.15) is 11.6 Å². The molecule has 2 rings (SSSR count). The first kappa shape index (κ1) is 12.4. The maximum atomic E-state index is 12.9. The molecule has 94 valence electrons. The average molecular weight is 245 g/mol. The van der Waals surface area contributed by atoms with E-state index in [9.17, 15) is 4.39 Å². The van der Waals surface area contributed by atoms with Gasteiger partial charge in [0, 0.05) is 6.07 Å².